The molecule has 1 aromatic carbocycles. The van der Waals surface area contributed by atoms with Gasteiger partial charge in [-0.3, -0.25) is 9.59 Å². The monoisotopic (exact) mass is 536 g/mol. The SMILES string of the molecule is C=C1CN(C(=O)C(NC(=O)NCC(C)(C)OC(=O)[C@@H](N)C(C)C)C(C)C)CC[C@]1(O)c1ccc(Cl)cc1. The van der Waals surface area contributed by atoms with Gasteiger partial charge in [0.1, 0.15) is 23.3 Å². The van der Waals surface area contributed by atoms with Crippen LogP contribution in [0, 0.1) is 11.8 Å². The van der Waals surface area contributed by atoms with Crippen molar-refractivity contribution in [3.8, 4) is 0 Å². The first-order chi connectivity index (χ1) is 17.1. The maximum absolute atomic E-state index is 13.4. The van der Waals surface area contributed by atoms with Gasteiger partial charge in [0.05, 0.1) is 6.54 Å². The number of rotatable bonds is 9. The van der Waals surface area contributed by atoms with Gasteiger partial charge in [-0.1, -0.05) is 58.0 Å². The molecule has 0 saturated carbocycles. The topological polar surface area (TPSA) is 134 Å². The minimum Gasteiger partial charge on any atom is -0.457 e. The number of hydrogen-bond donors (Lipinski definition) is 4. The molecule has 2 rings (SSSR count). The van der Waals surface area contributed by atoms with Crippen LogP contribution >= 0.6 is 11.6 Å². The number of nitrogens with two attached hydrogens (primary N) is 1. The van der Waals surface area contributed by atoms with Gasteiger partial charge in [0.2, 0.25) is 5.91 Å². The molecular weight excluding hydrogens is 496 g/mol. The largest absolute Gasteiger partial charge is 0.457 e. The summed E-state index contributed by atoms with van der Waals surface area (Å²) in [5.74, 6) is -1.08. The fraction of sp³-hybridized carbons (Fsp3) is 0.593. The van der Waals surface area contributed by atoms with Crippen LogP contribution in [0.1, 0.15) is 53.5 Å². The van der Waals surface area contributed by atoms with Gasteiger partial charge in [-0.15, -0.1) is 0 Å². The lowest BCUT2D eigenvalue weighted by atomic mass is 9.81. The van der Waals surface area contributed by atoms with Crippen LogP contribution in [0.3, 0.4) is 0 Å². The fourth-order valence-corrected chi connectivity index (χ4v) is 4.15. The van der Waals surface area contributed by atoms with Crippen LogP contribution in [0.15, 0.2) is 36.4 Å². The molecule has 206 valence electrons. The van der Waals surface area contributed by atoms with Gasteiger partial charge in [0.25, 0.3) is 0 Å². The van der Waals surface area contributed by atoms with Crippen molar-refractivity contribution in [1.82, 2.24) is 15.5 Å². The van der Waals surface area contributed by atoms with E-state index in [2.05, 4.69) is 17.2 Å². The third kappa shape index (κ3) is 7.93. The Morgan fingerprint density at radius 1 is 1.19 bits per heavy atom. The Kier molecular flexibility index (Phi) is 10.2. The quantitative estimate of drug-likeness (QED) is 0.283. The first-order valence-electron chi connectivity index (χ1n) is 12.6. The van der Waals surface area contributed by atoms with Gasteiger partial charge >= 0.3 is 12.0 Å². The number of nitrogens with zero attached hydrogens (tertiary/aromatic N) is 1. The Balaban J connectivity index is 1.98. The summed E-state index contributed by atoms with van der Waals surface area (Å²) in [6.45, 7) is 15.2. The van der Waals surface area contributed by atoms with Crippen LogP contribution in [0.5, 0.6) is 0 Å². The van der Waals surface area contributed by atoms with E-state index in [0.29, 0.717) is 22.7 Å². The van der Waals surface area contributed by atoms with Crippen molar-refractivity contribution in [3.63, 3.8) is 0 Å². The maximum atomic E-state index is 13.4. The van der Waals surface area contributed by atoms with E-state index in [1.54, 1.807) is 43.0 Å². The minimum absolute atomic E-state index is 0.0308. The third-order valence-corrected chi connectivity index (χ3v) is 6.86. The van der Waals surface area contributed by atoms with Crippen molar-refractivity contribution in [3.05, 3.63) is 47.0 Å². The fourth-order valence-electron chi connectivity index (χ4n) is 4.02. The highest BCUT2D eigenvalue weighted by atomic mass is 35.5. The van der Waals surface area contributed by atoms with Crippen LogP contribution in [-0.4, -0.2) is 65.2 Å². The highest BCUT2D eigenvalue weighted by molar-refractivity contribution is 6.30. The average molecular weight is 537 g/mol. The molecule has 1 saturated heterocycles. The molecule has 0 spiro atoms. The van der Waals surface area contributed by atoms with E-state index in [4.69, 9.17) is 22.1 Å². The van der Waals surface area contributed by atoms with Gasteiger partial charge < -0.3 is 31.1 Å². The number of likely N-dealkylation sites (tertiary alicyclic amines) is 1. The highest BCUT2D eigenvalue weighted by Crippen LogP contribution is 2.37. The van der Waals surface area contributed by atoms with E-state index in [0.717, 1.165) is 0 Å². The number of urea groups is 1. The molecular formula is C27H41ClN4O5. The molecule has 1 heterocycles. The van der Waals surface area contributed by atoms with Crippen LogP contribution in [0.25, 0.3) is 0 Å². The van der Waals surface area contributed by atoms with Crippen molar-refractivity contribution >= 4 is 29.5 Å². The number of amides is 3. The number of ether oxygens (including phenoxy) is 1. The number of carbonyl (C=O) groups is 3. The molecule has 3 atom stereocenters. The number of nitrogens with one attached hydrogen (secondary N) is 2. The normalized spacial score (nSPS) is 20.0. The highest BCUT2D eigenvalue weighted by Gasteiger charge is 2.40. The zero-order valence-electron chi connectivity index (χ0n) is 22.6. The summed E-state index contributed by atoms with van der Waals surface area (Å²) >= 11 is 5.97. The summed E-state index contributed by atoms with van der Waals surface area (Å²) in [4.78, 5) is 39.8. The Hall–Kier alpha value is -2.62. The van der Waals surface area contributed by atoms with Crippen LogP contribution in [-0.2, 0) is 19.9 Å². The maximum Gasteiger partial charge on any atom is 0.323 e. The third-order valence-electron chi connectivity index (χ3n) is 6.60. The summed E-state index contributed by atoms with van der Waals surface area (Å²) in [5.41, 5.74) is 4.76. The molecule has 1 aliphatic rings. The molecule has 37 heavy (non-hydrogen) atoms. The Morgan fingerprint density at radius 2 is 1.78 bits per heavy atom. The number of piperidine rings is 1. The molecule has 0 radical (unpaired) electrons. The molecule has 0 aromatic heterocycles. The smallest absolute Gasteiger partial charge is 0.323 e. The van der Waals surface area contributed by atoms with Gasteiger partial charge in [-0.25, -0.2) is 4.79 Å². The van der Waals surface area contributed by atoms with Crippen molar-refractivity contribution < 1.29 is 24.2 Å². The van der Waals surface area contributed by atoms with E-state index in [1.807, 2.05) is 27.7 Å². The van der Waals surface area contributed by atoms with Crippen LogP contribution in [0.2, 0.25) is 5.02 Å². The van der Waals surface area contributed by atoms with E-state index < -0.39 is 35.3 Å². The number of hydrogen-bond acceptors (Lipinski definition) is 6. The Labute approximate surface area is 224 Å². The molecule has 0 aliphatic carbocycles. The van der Waals surface area contributed by atoms with E-state index in [9.17, 15) is 19.5 Å². The molecule has 1 fully saturated rings. The van der Waals surface area contributed by atoms with Crippen molar-refractivity contribution in [2.24, 2.45) is 17.6 Å². The molecule has 9 nitrogen and oxygen atoms in total. The van der Waals surface area contributed by atoms with Crippen LogP contribution in [0.4, 0.5) is 4.79 Å². The molecule has 10 heteroatoms. The summed E-state index contributed by atoms with van der Waals surface area (Å²) < 4.78 is 5.46. The van der Waals surface area contributed by atoms with Gasteiger partial charge in [0, 0.05) is 24.5 Å². The summed E-state index contributed by atoms with van der Waals surface area (Å²) in [5, 5.41) is 17.3. The molecule has 1 aromatic rings. The summed E-state index contributed by atoms with van der Waals surface area (Å²) in [6.07, 6.45) is 0.272. The molecule has 1 unspecified atom stereocenters. The number of aliphatic hydroxyl groups is 1. The van der Waals surface area contributed by atoms with Gasteiger partial charge in [0.15, 0.2) is 0 Å². The van der Waals surface area contributed by atoms with Crippen molar-refractivity contribution in [2.45, 2.75) is 71.2 Å². The second kappa shape index (κ2) is 12.3. The molecule has 5 N–H and O–H groups in total. The Morgan fingerprint density at radius 3 is 2.30 bits per heavy atom. The zero-order chi connectivity index (χ0) is 28.1. The second-order valence-electron chi connectivity index (χ2n) is 11.0. The summed E-state index contributed by atoms with van der Waals surface area (Å²) in [7, 11) is 0. The first kappa shape index (κ1) is 30.6. The van der Waals surface area contributed by atoms with Crippen molar-refractivity contribution in [2.75, 3.05) is 19.6 Å². The molecule has 3 amide bonds. The number of halogens is 1. The standard InChI is InChI=1S/C27H41ClN4O5/c1-16(2)21(29)24(34)37-26(6,7)15-30-25(35)31-22(17(3)4)23(33)32-13-12-27(36,18(5)14-32)19-8-10-20(28)11-9-19/h8-11,16-17,21-22,36H,5,12-15,29H2,1-4,6-7H3,(H2,30,31,35)/t21-,22?,27+/m0/s1. The van der Waals surface area contributed by atoms with Crippen LogP contribution < -0.4 is 16.4 Å². The lowest BCUT2D eigenvalue weighted by molar-refractivity contribution is -0.158. The molecule has 1 aliphatic heterocycles. The lowest BCUT2D eigenvalue weighted by Gasteiger charge is -2.42. The van der Waals surface area contributed by atoms with E-state index in [-0.39, 0.29) is 37.3 Å². The number of carbonyl (C=O) groups excluding carboxylic acids is 3. The predicted octanol–water partition coefficient (Wildman–Crippen LogP) is 2.95. The predicted molar refractivity (Wildman–Crippen MR) is 144 cm³/mol. The molecule has 0 bridgehead atoms. The van der Waals surface area contributed by atoms with Gasteiger partial charge in [-0.2, -0.15) is 0 Å². The van der Waals surface area contributed by atoms with Gasteiger partial charge in [-0.05, 0) is 49.0 Å². The number of benzene rings is 1. The van der Waals surface area contributed by atoms with E-state index >= 15 is 0 Å². The second-order valence-corrected chi connectivity index (χ2v) is 11.4. The van der Waals surface area contributed by atoms with E-state index in [1.165, 1.54) is 0 Å². The zero-order valence-corrected chi connectivity index (χ0v) is 23.4. The lowest BCUT2D eigenvalue weighted by Crippen LogP contribution is -2.57. The first-order valence-corrected chi connectivity index (χ1v) is 12.9. The summed E-state index contributed by atoms with van der Waals surface area (Å²) in [6, 6.07) is 4.81. The average Bonchev–Trinajstić information content (AvgIpc) is 2.82. The minimum atomic E-state index is -1.26. The van der Waals surface area contributed by atoms with Crippen molar-refractivity contribution in [1.29, 1.82) is 0 Å². The number of esters is 1. The Bertz CT molecular complexity index is 995.